The van der Waals surface area contributed by atoms with Crippen LogP contribution in [0.25, 0.3) is 0 Å². The van der Waals surface area contributed by atoms with Gasteiger partial charge in [-0.3, -0.25) is 4.79 Å². The van der Waals surface area contributed by atoms with Gasteiger partial charge in [-0.05, 0) is 38.8 Å². The lowest BCUT2D eigenvalue weighted by molar-refractivity contribution is -0.124. The molecule has 2 N–H and O–H groups in total. The fourth-order valence-electron chi connectivity index (χ4n) is 2.79. The molecule has 1 atom stereocenters. The van der Waals surface area contributed by atoms with Crippen molar-refractivity contribution in [3.63, 3.8) is 0 Å². The molecule has 0 heterocycles. The van der Waals surface area contributed by atoms with Crippen LogP contribution in [-0.4, -0.2) is 23.7 Å². The standard InChI is InChI=1S/C17H25NO3/c1-12-8-9-16(15(10-12)13(2)19)21-11-17(20)18-14-6-4-3-5-7-14/h8-10,13-14,19H,3-7,11H2,1-2H3,(H,18,20)/t13-/m0/s1. The Morgan fingerprint density at radius 1 is 1.38 bits per heavy atom. The summed E-state index contributed by atoms with van der Waals surface area (Å²) >= 11 is 0. The third-order valence-corrected chi connectivity index (χ3v) is 3.94. The van der Waals surface area contributed by atoms with Crippen molar-refractivity contribution in [1.29, 1.82) is 0 Å². The highest BCUT2D eigenvalue weighted by molar-refractivity contribution is 5.77. The third kappa shape index (κ3) is 4.74. The highest BCUT2D eigenvalue weighted by Crippen LogP contribution is 2.26. The van der Waals surface area contributed by atoms with Crippen molar-refractivity contribution in [2.24, 2.45) is 0 Å². The number of nitrogens with one attached hydrogen (secondary N) is 1. The van der Waals surface area contributed by atoms with Crippen molar-refractivity contribution in [3.05, 3.63) is 29.3 Å². The average molecular weight is 291 g/mol. The average Bonchev–Trinajstić information content (AvgIpc) is 2.47. The van der Waals surface area contributed by atoms with Crippen molar-refractivity contribution in [2.45, 2.75) is 58.1 Å². The summed E-state index contributed by atoms with van der Waals surface area (Å²) in [5.74, 6) is 0.494. The van der Waals surface area contributed by atoms with E-state index in [1.807, 2.05) is 25.1 Å². The van der Waals surface area contributed by atoms with Gasteiger partial charge in [-0.15, -0.1) is 0 Å². The molecule has 0 bridgehead atoms. The van der Waals surface area contributed by atoms with E-state index in [1.54, 1.807) is 6.92 Å². The minimum atomic E-state index is -0.610. The maximum Gasteiger partial charge on any atom is 0.258 e. The van der Waals surface area contributed by atoms with E-state index in [2.05, 4.69) is 5.32 Å². The second-order valence-corrected chi connectivity index (χ2v) is 5.91. The minimum Gasteiger partial charge on any atom is -0.483 e. The van der Waals surface area contributed by atoms with Gasteiger partial charge in [0.25, 0.3) is 5.91 Å². The lowest BCUT2D eigenvalue weighted by Gasteiger charge is -2.23. The van der Waals surface area contributed by atoms with Crippen LogP contribution in [0, 0.1) is 6.92 Å². The Balaban J connectivity index is 1.88. The van der Waals surface area contributed by atoms with E-state index in [9.17, 15) is 9.90 Å². The lowest BCUT2D eigenvalue weighted by atomic mass is 9.95. The molecular formula is C17H25NO3. The van der Waals surface area contributed by atoms with Crippen LogP contribution in [0.15, 0.2) is 18.2 Å². The predicted octanol–water partition coefficient (Wildman–Crippen LogP) is 2.88. The summed E-state index contributed by atoms with van der Waals surface area (Å²) in [4.78, 5) is 11.9. The van der Waals surface area contributed by atoms with Crippen molar-refractivity contribution in [1.82, 2.24) is 5.32 Å². The maximum absolute atomic E-state index is 11.9. The van der Waals surface area contributed by atoms with E-state index in [0.717, 1.165) is 24.0 Å². The molecule has 1 aliphatic rings. The number of ether oxygens (including phenoxy) is 1. The molecule has 4 heteroatoms. The van der Waals surface area contributed by atoms with E-state index in [-0.39, 0.29) is 12.5 Å². The fraction of sp³-hybridized carbons (Fsp3) is 0.588. The Labute approximate surface area is 126 Å². The molecule has 21 heavy (non-hydrogen) atoms. The summed E-state index contributed by atoms with van der Waals surface area (Å²) < 4.78 is 5.58. The molecular weight excluding hydrogens is 266 g/mol. The molecule has 0 unspecified atom stereocenters. The van der Waals surface area contributed by atoms with E-state index in [4.69, 9.17) is 4.74 Å². The van der Waals surface area contributed by atoms with Crippen LogP contribution in [0.3, 0.4) is 0 Å². The summed E-state index contributed by atoms with van der Waals surface area (Å²) in [5.41, 5.74) is 1.78. The van der Waals surface area contributed by atoms with E-state index in [1.165, 1.54) is 19.3 Å². The summed E-state index contributed by atoms with van der Waals surface area (Å²) in [6.45, 7) is 3.66. The summed E-state index contributed by atoms with van der Waals surface area (Å²) in [6, 6.07) is 5.91. The first kappa shape index (κ1) is 15.8. The van der Waals surface area contributed by atoms with Gasteiger partial charge in [0.15, 0.2) is 6.61 Å². The number of hydrogen-bond donors (Lipinski definition) is 2. The molecule has 0 radical (unpaired) electrons. The Kier molecular flexibility index (Phi) is 5.62. The van der Waals surface area contributed by atoms with E-state index in [0.29, 0.717) is 11.8 Å². The molecule has 1 aromatic rings. The topological polar surface area (TPSA) is 58.6 Å². The van der Waals surface area contributed by atoms with Gasteiger partial charge in [-0.1, -0.05) is 30.9 Å². The Morgan fingerprint density at radius 3 is 2.76 bits per heavy atom. The zero-order valence-corrected chi connectivity index (χ0v) is 12.9. The van der Waals surface area contributed by atoms with Gasteiger partial charge in [-0.25, -0.2) is 0 Å². The zero-order chi connectivity index (χ0) is 15.2. The number of aliphatic hydroxyl groups excluding tert-OH is 1. The monoisotopic (exact) mass is 291 g/mol. The first-order chi connectivity index (χ1) is 10.1. The second kappa shape index (κ2) is 7.46. The van der Waals surface area contributed by atoms with Crippen molar-refractivity contribution in [2.75, 3.05) is 6.61 Å². The van der Waals surface area contributed by atoms with Crippen LogP contribution in [0.4, 0.5) is 0 Å². The van der Waals surface area contributed by atoms with Crippen LogP contribution < -0.4 is 10.1 Å². The molecule has 116 valence electrons. The quantitative estimate of drug-likeness (QED) is 0.877. The first-order valence-corrected chi connectivity index (χ1v) is 7.77. The third-order valence-electron chi connectivity index (χ3n) is 3.94. The van der Waals surface area contributed by atoms with Gasteiger partial charge in [-0.2, -0.15) is 0 Å². The molecule has 1 fully saturated rings. The number of carbonyl (C=O) groups is 1. The summed E-state index contributed by atoms with van der Waals surface area (Å²) in [5, 5.41) is 12.8. The number of amides is 1. The largest absolute Gasteiger partial charge is 0.483 e. The van der Waals surface area contributed by atoms with Gasteiger partial charge >= 0.3 is 0 Å². The smallest absolute Gasteiger partial charge is 0.258 e. The second-order valence-electron chi connectivity index (χ2n) is 5.91. The molecule has 1 saturated carbocycles. The number of aryl methyl sites for hydroxylation is 1. The molecule has 1 amide bonds. The van der Waals surface area contributed by atoms with Gasteiger partial charge in [0.1, 0.15) is 5.75 Å². The Hall–Kier alpha value is -1.55. The SMILES string of the molecule is Cc1ccc(OCC(=O)NC2CCCCC2)c([C@H](C)O)c1. The van der Waals surface area contributed by atoms with Crippen LogP contribution in [0.1, 0.15) is 56.3 Å². The van der Waals surface area contributed by atoms with Gasteiger partial charge in [0.05, 0.1) is 6.10 Å². The molecule has 0 saturated heterocycles. The lowest BCUT2D eigenvalue weighted by Crippen LogP contribution is -2.39. The highest BCUT2D eigenvalue weighted by atomic mass is 16.5. The highest BCUT2D eigenvalue weighted by Gasteiger charge is 2.16. The number of rotatable bonds is 5. The molecule has 0 aromatic heterocycles. The summed E-state index contributed by atoms with van der Waals surface area (Å²) in [6.07, 6.45) is 5.17. The molecule has 0 spiro atoms. The normalized spacial score (nSPS) is 17.3. The Bertz CT molecular complexity index is 479. The van der Waals surface area contributed by atoms with Crippen LogP contribution in [0.2, 0.25) is 0 Å². The van der Waals surface area contributed by atoms with Crippen molar-refractivity contribution in [3.8, 4) is 5.75 Å². The van der Waals surface area contributed by atoms with Crippen molar-refractivity contribution >= 4 is 5.91 Å². The molecule has 2 rings (SSSR count). The zero-order valence-electron chi connectivity index (χ0n) is 12.9. The fourth-order valence-corrected chi connectivity index (χ4v) is 2.79. The number of benzene rings is 1. The number of aliphatic hydroxyl groups is 1. The molecule has 1 aromatic carbocycles. The van der Waals surface area contributed by atoms with E-state index < -0.39 is 6.10 Å². The van der Waals surface area contributed by atoms with E-state index >= 15 is 0 Å². The predicted molar refractivity (Wildman–Crippen MR) is 82.3 cm³/mol. The molecule has 4 nitrogen and oxygen atoms in total. The molecule has 1 aliphatic carbocycles. The number of hydrogen-bond acceptors (Lipinski definition) is 3. The maximum atomic E-state index is 11.9. The minimum absolute atomic E-state index is 0.000713. The van der Waals surface area contributed by atoms with Crippen LogP contribution >= 0.6 is 0 Å². The number of carbonyl (C=O) groups excluding carboxylic acids is 1. The van der Waals surface area contributed by atoms with Crippen LogP contribution in [0.5, 0.6) is 5.75 Å². The molecule has 0 aliphatic heterocycles. The Morgan fingerprint density at radius 2 is 2.10 bits per heavy atom. The van der Waals surface area contributed by atoms with Gasteiger partial charge in [0.2, 0.25) is 0 Å². The summed E-state index contributed by atoms with van der Waals surface area (Å²) in [7, 11) is 0. The van der Waals surface area contributed by atoms with Gasteiger partial charge in [0, 0.05) is 11.6 Å². The van der Waals surface area contributed by atoms with Gasteiger partial charge < -0.3 is 15.2 Å². The first-order valence-electron chi connectivity index (χ1n) is 7.77. The van der Waals surface area contributed by atoms with Crippen LogP contribution in [-0.2, 0) is 4.79 Å². The van der Waals surface area contributed by atoms with Crippen molar-refractivity contribution < 1.29 is 14.6 Å².